The summed E-state index contributed by atoms with van der Waals surface area (Å²) in [4.78, 5) is 0. The molecule has 0 bridgehead atoms. The molecule has 1 heteroatoms. The monoisotopic (exact) mass is 112 g/mol. The second kappa shape index (κ2) is 3.95. The van der Waals surface area contributed by atoms with E-state index in [1.165, 1.54) is 12.1 Å². The summed E-state index contributed by atoms with van der Waals surface area (Å²) in [6.45, 7) is 4.36. The third kappa shape index (κ3) is 2.47. The van der Waals surface area contributed by atoms with E-state index in [1.54, 1.807) is 0 Å². The van der Waals surface area contributed by atoms with Crippen molar-refractivity contribution in [3.8, 4) is 12.0 Å². The molecule has 7 heavy (non-hydrogen) atoms. The van der Waals surface area contributed by atoms with E-state index in [0.717, 1.165) is 0 Å². The Morgan fingerprint density at radius 2 is 1.86 bits per heavy atom. The van der Waals surface area contributed by atoms with Crippen LogP contribution in [0.2, 0.25) is 12.1 Å². The maximum absolute atomic E-state index is 5.21. The van der Waals surface area contributed by atoms with Gasteiger partial charge in [0.2, 0.25) is 0 Å². The predicted octanol–water partition coefficient (Wildman–Crippen LogP) is 1.43. The Kier molecular flexibility index (Phi) is 3.82. The Morgan fingerprint density at radius 3 is 1.86 bits per heavy atom. The molecule has 0 aromatic carbocycles. The number of rotatable bonds is 2. The van der Waals surface area contributed by atoms with Crippen LogP contribution in [0.3, 0.4) is 0 Å². The second-order valence-electron chi connectivity index (χ2n) is 1.68. The Hall–Kier alpha value is -0.223. The van der Waals surface area contributed by atoms with Crippen LogP contribution in [0.1, 0.15) is 13.8 Å². The SMILES string of the molecule is C#C[SiH](CC)CC. The molecule has 0 amide bonds. The van der Waals surface area contributed by atoms with Gasteiger partial charge in [-0.25, -0.2) is 0 Å². The van der Waals surface area contributed by atoms with Crippen LogP contribution >= 0.6 is 0 Å². The predicted molar refractivity (Wildman–Crippen MR) is 36.9 cm³/mol. The van der Waals surface area contributed by atoms with E-state index in [4.69, 9.17) is 6.42 Å². The van der Waals surface area contributed by atoms with E-state index in [0.29, 0.717) is 0 Å². The van der Waals surface area contributed by atoms with Crippen LogP contribution < -0.4 is 0 Å². The molecule has 0 rings (SSSR count). The third-order valence-electron chi connectivity index (χ3n) is 1.22. The summed E-state index contributed by atoms with van der Waals surface area (Å²) in [5, 5.41) is 0. The van der Waals surface area contributed by atoms with E-state index in [9.17, 15) is 0 Å². The van der Waals surface area contributed by atoms with Gasteiger partial charge in [0, 0.05) is 0 Å². The zero-order valence-corrected chi connectivity index (χ0v) is 6.22. The average Bonchev–Trinajstić information content (AvgIpc) is 1.72. The van der Waals surface area contributed by atoms with Gasteiger partial charge in [0.1, 0.15) is 8.80 Å². The molecule has 0 fully saturated rings. The molecule has 0 aliphatic heterocycles. The standard InChI is InChI=1S/C6H12Si/c1-4-7(5-2)6-3/h1,7H,5-6H2,2-3H3. The maximum Gasteiger partial charge on any atom is 0.121 e. The van der Waals surface area contributed by atoms with Crippen LogP contribution in [0.15, 0.2) is 0 Å². The highest BCUT2D eigenvalue weighted by Gasteiger charge is 1.96. The average molecular weight is 112 g/mol. The summed E-state index contributed by atoms with van der Waals surface area (Å²) in [6, 6.07) is 2.51. The van der Waals surface area contributed by atoms with Gasteiger partial charge in [-0.15, -0.1) is 12.0 Å². The summed E-state index contributed by atoms with van der Waals surface area (Å²) in [5.41, 5.74) is 2.84. The van der Waals surface area contributed by atoms with Crippen LogP contribution in [0.4, 0.5) is 0 Å². The summed E-state index contributed by atoms with van der Waals surface area (Å²) in [7, 11) is -0.644. The molecule has 0 saturated heterocycles. The molecule has 0 heterocycles. The Balaban J connectivity index is 3.23. The fourth-order valence-electron chi connectivity index (χ4n) is 0.524. The number of terminal acetylenes is 1. The fourth-order valence-corrected chi connectivity index (χ4v) is 1.57. The first-order valence-corrected chi connectivity index (χ1v) is 5.02. The Bertz CT molecular complexity index is 66.7. The molecule has 0 nitrogen and oxygen atoms in total. The number of hydrogen-bond acceptors (Lipinski definition) is 0. The van der Waals surface area contributed by atoms with Crippen molar-refractivity contribution in [3.05, 3.63) is 0 Å². The second-order valence-corrected chi connectivity index (χ2v) is 5.04. The number of hydrogen-bond donors (Lipinski definition) is 0. The first-order valence-electron chi connectivity index (χ1n) is 2.81. The van der Waals surface area contributed by atoms with Crippen molar-refractivity contribution in [2.24, 2.45) is 0 Å². The van der Waals surface area contributed by atoms with Crippen molar-refractivity contribution in [1.29, 1.82) is 0 Å². The van der Waals surface area contributed by atoms with Crippen LogP contribution in [0.5, 0.6) is 0 Å². The lowest BCUT2D eigenvalue weighted by molar-refractivity contribution is 1.34. The lowest BCUT2D eigenvalue weighted by Crippen LogP contribution is -2.03. The topological polar surface area (TPSA) is 0 Å². The minimum atomic E-state index is -0.644. The molecule has 0 aromatic heterocycles. The van der Waals surface area contributed by atoms with E-state index in [-0.39, 0.29) is 0 Å². The van der Waals surface area contributed by atoms with Crippen LogP contribution in [-0.4, -0.2) is 8.80 Å². The van der Waals surface area contributed by atoms with Crippen LogP contribution in [0, 0.1) is 12.0 Å². The van der Waals surface area contributed by atoms with Crippen molar-refractivity contribution < 1.29 is 0 Å². The molecule has 0 radical (unpaired) electrons. The van der Waals surface area contributed by atoms with Crippen molar-refractivity contribution in [1.82, 2.24) is 0 Å². The van der Waals surface area contributed by atoms with Crippen molar-refractivity contribution in [2.75, 3.05) is 0 Å². The smallest absolute Gasteiger partial charge is 0.121 e. The van der Waals surface area contributed by atoms with Gasteiger partial charge in [-0.3, -0.25) is 0 Å². The summed E-state index contributed by atoms with van der Waals surface area (Å²) < 4.78 is 0. The molecule has 0 N–H and O–H groups in total. The lowest BCUT2D eigenvalue weighted by Gasteiger charge is -1.95. The fraction of sp³-hybridized carbons (Fsp3) is 0.667. The highest BCUT2D eigenvalue weighted by atomic mass is 28.3. The largest absolute Gasteiger partial charge is 0.139 e. The third-order valence-corrected chi connectivity index (χ3v) is 3.66. The van der Waals surface area contributed by atoms with Crippen LogP contribution in [0.25, 0.3) is 0 Å². The molecule has 0 aromatic rings. The molecule has 0 aliphatic rings. The maximum atomic E-state index is 5.21. The molecule has 40 valence electrons. The highest BCUT2D eigenvalue weighted by Crippen LogP contribution is 1.93. The minimum absolute atomic E-state index is 0.644. The quantitative estimate of drug-likeness (QED) is 0.374. The summed E-state index contributed by atoms with van der Waals surface area (Å²) in [6.07, 6.45) is 5.21. The molecule has 0 unspecified atom stereocenters. The van der Waals surface area contributed by atoms with Gasteiger partial charge in [0.25, 0.3) is 0 Å². The van der Waals surface area contributed by atoms with Gasteiger partial charge in [0.15, 0.2) is 0 Å². The van der Waals surface area contributed by atoms with Gasteiger partial charge < -0.3 is 0 Å². The van der Waals surface area contributed by atoms with Gasteiger partial charge >= 0.3 is 0 Å². The normalized spacial score (nSPS) is 8.86. The zero-order valence-electron chi connectivity index (χ0n) is 5.07. The lowest BCUT2D eigenvalue weighted by atomic mass is 10.9. The van der Waals surface area contributed by atoms with Crippen molar-refractivity contribution >= 4 is 8.80 Å². The zero-order chi connectivity index (χ0) is 5.70. The molecule has 0 saturated carbocycles. The molecular weight excluding hydrogens is 100 g/mol. The molecular formula is C6H12Si. The molecule has 0 atom stereocenters. The van der Waals surface area contributed by atoms with E-state index in [2.05, 4.69) is 19.4 Å². The first-order chi connectivity index (χ1) is 3.35. The van der Waals surface area contributed by atoms with Crippen LogP contribution in [-0.2, 0) is 0 Å². The summed E-state index contributed by atoms with van der Waals surface area (Å²) in [5.74, 6) is 0. The Morgan fingerprint density at radius 1 is 1.43 bits per heavy atom. The molecule has 0 spiro atoms. The van der Waals surface area contributed by atoms with Gasteiger partial charge in [-0.2, -0.15) is 0 Å². The van der Waals surface area contributed by atoms with Gasteiger partial charge in [-0.05, 0) is 0 Å². The van der Waals surface area contributed by atoms with E-state index < -0.39 is 8.80 Å². The van der Waals surface area contributed by atoms with Crippen molar-refractivity contribution in [2.45, 2.75) is 25.9 Å². The summed E-state index contributed by atoms with van der Waals surface area (Å²) >= 11 is 0. The minimum Gasteiger partial charge on any atom is -0.139 e. The van der Waals surface area contributed by atoms with Gasteiger partial charge in [-0.1, -0.05) is 25.9 Å². The first kappa shape index (κ1) is 6.78. The Labute approximate surface area is 47.5 Å². The van der Waals surface area contributed by atoms with Gasteiger partial charge in [0.05, 0.1) is 0 Å². The van der Waals surface area contributed by atoms with E-state index in [1.807, 2.05) is 0 Å². The highest BCUT2D eigenvalue weighted by molar-refractivity contribution is 6.67. The molecule has 0 aliphatic carbocycles. The van der Waals surface area contributed by atoms with E-state index >= 15 is 0 Å². The van der Waals surface area contributed by atoms with Crippen molar-refractivity contribution in [3.63, 3.8) is 0 Å².